The molecule has 1 unspecified atom stereocenters. The minimum absolute atomic E-state index is 0.166. The first-order chi connectivity index (χ1) is 13.4. The molecule has 0 aromatic heterocycles. The molecule has 0 aliphatic rings. The first-order valence-electron chi connectivity index (χ1n) is 9.88. The summed E-state index contributed by atoms with van der Waals surface area (Å²) in [6.07, 6.45) is 0.961. The van der Waals surface area contributed by atoms with Gasteiger partial charge in [-0.1, -0.05) is 61.5 Å². The van der Waals surface area contributed by atoms with Crippen molar-refractivity contribution in [3.8, 4) is 11.5 Å². The predicted molar refractivity (Wildman–Crippen MR) is 116 cm³/mol. The van der Waals surface area contributed by atoms with Gasteiger partial charge in [-0.2, -0.15) is 0 Å². The summed E-state index contributed by atoms with van der Waals surface area (Å²) < 4.78 is 11.5. The molecule has 3 aromatic rings. The van der Waals surface area contributed by atoms with Crippen LogP contribution in [0.4, 0.5) is 0 Å². The van der Waals surface area contributed by atoms with Crippen molar-refractivity contribution >= 4 is 0 Å². The monoisotopic (exact) mass is 374 g/mol. The van der Waals surface area contributed by atoms with E-state index in [2.05, 4.69) is 94.4 Å². The molecule has 0 aliphatic carbocycles. The van der Waals surface area contributed by atoms with Crippen LogP contribution in [0, 0.1) is 0 Å². The molecular formula is C26H30O2. The lowest BCUT2D eigenvalue weighted by molar-refractivity contribution is 0.105. The Morgan fingerprint density at radius 2 is 1.11 bits per heavy atom. The zero-order valence-electron chi connectivity index (χ0n) is 17.5. The van der Waals surface area contributed by atoms with Crippen molar-refractivity contribution in [1.82, 2.24) is 0 Å². The maximum Gasteiger partial charge on any atom is 0.120 e. The van der Waals surface area contributed by atoms with E-state index in [-0.39, 0.29) is 11.0 Å². The fourth-order valence-electron chi connectivity index (χ4n) is 3.44. The van der Waals surface area contributed by atoms with Crippen LogP contribution in [-0.4, -0.2) is 12.7 Å². The Morgan fingerprint density at radius 1 is 0.643 bits per heavy atom. The third kappa shape index (κ3) is 4.06. The molecule has 2 heteroatoms. The van der Waals surface area contributed by atoms with Crippen LogP contribution >= 0.6 is 0 Å². The second-order valence-electron chi connectivity index (χ2n) is 7.96. The Bertz CT molecular complexity index is 880. The molecule has 0 N–H and O–H groups in total. The highest BCUT2D eigenvalue weighted by atomic mass is 16.5. The van der Waals surface area contributed by atoms with Crippen LogP contribution in [0.5, 0.6) is 11.5 Å². The minimum Gasteiger partial charge on any atom is -0.497 e. The number of methoxy groups -OCH3 is 1. The molecule has 0 radical (unpaired) electrons. The number of ether oxygens (including phenoxy) is 2. The van der Waals surface area contributed by atoms with Gasteiger partial charge in [-0.25, -0.2) is 0 Å². The van der Waals surface area contributed by atoms with E-state index in [1.165, 1.54) is 16.7 Å². The Hall–Kier alpha value is -2.74. The zero-order valence-corrected chi connectivity index (χ0v) is 17.5. The van der Waals surface area contributed by atoms with Gasteiger partial charge in [-0.3, -0.25) is 0 Å². The van der Waals surface area contributed by atoms with Gasteiger partial charge in [0.05, 0.1) is 7.11 Å². The molecule has 2 nitrogen and oxygen atoms in total. The Morgan fingerprint density at radius 3 is 1.57 bits per heavy atom. The minimum atomic E-state index is -0.271. The maximum atomic E-state index is 6.14. The standard InChI is InChI=1S/C26H30O2/c1-6-25(2,3)28-24-18-14-22(15-19-24)26(4,20-10-8-7-9-11-20)21-12-16-23(27-5)17-13-21/h7-19H,6H2,1-5H3. The summed E-state index contributed by atoms with van der Waals surface area (Å²) in [4.78, 5) is 0. The summed E-state index contributed by atoms with van der Waals surface area (Å²) in [6, 6.07) is 27.5. The Kier molecular flexibility index (Phi) is 5.79. The van der Waals surface area contributed by atoms with Crippen LogP contribution < -0.4 is 9.47 Å². The topological polar surface area (TPSA) is 18.5 Å². The van der Waals surface area contributed by atoms with E-state index in [9.17, 15) is 0 Å². The van der Waals surface area contributed by atoms with Crippen molar-refractivity contribution in [3.05, 3.63) is 95.6 Å². The van der Waals surface area contributed by atoms with E-state index in [0.717, 1.165) is 17.9 Å². The van der Waals surface area contributed by atoms with E-state index in [1.807, 2.05) is 12.1 Å². The van der Waals surface area contributed by atoms with Gasteiger partial charge in [-0.15, -0.1) is 0 Å². The lowest BCUT2D eigenvalue weighted by Gasteiger charge is -2.32. The van der Waals surface area contributed by atoms with E-state index in [0.29, 0.717) is 0 Å². The van der Waals surface area contributed by atoms with E-state index in [4.69, 9.17) is 9.47 Å². The van der Waals surface area contributed by atoms with Crippen LogP contribution in [0.3, 0.4) is 0 Å². The molecule has 0 saturated carbocycles. The van der Waals surface area contributed by atoms with Crippen molar-refractivity contribution in [2.75, 3.05) is 7.11 Å². The average molecular weight is 375 g/mol. The fourth-order valence-corrected chi connectivity index (χ4v) is 3.44. The molecule has 3 rings (SSSR count). The number of hydrogen-bond donors (Lipinski definition) is 0. The highest BCUT2D eigenvalue weighted by Gasteiger charge is 2.31. The molecule has 0 amide bonds. The number of rotatable bonds is 7. The van der Waals surface area contributed by atoms with Gasteiger partial charge in [0.15, 0.2) is 0 Å². The first kappa shape index (κ1) is 20.0. The molecule has 1 atom stereocenters. The molecule has 0 aliphatic heterocycles. The molecular weight excluding hydrogens is 344 g/mol. The summed E-state index contributed by atoms with van der Waals surface area (Å²) in [5.74, 6) is 1.77. The van der Waals surface area contributed by atoms with Gasteiger partial charge in [-0.05, 0) is 68.1 Å². The second-order valence-corrected chi connectivity index (χ2v) is 7.96. The summed E-state index contributed by atoms with van der Waals surface area (Å²) in [7, 11) is 1.70. The summed E-state index contributed by atoms with van der Waals surface area (Å²) in [5.41, 5.74) is 3.27. The fraction of sp³-hybridized carbons (Fsp3) is 0.308. The summed E-state index contributed by atoms with van der Waals surface area (Å²) in [6.45, 7) is 8.65. The van der Waals surface area contributed by atoms with Gasteiger partial charge in [0, 0.05) is 5.41 Å². The molecule has 28 heavy (non-hydrogen) atoms. The van der Waals surface area contributed by atoms with Gasteiger partial charge in [0.25, 0.3) is 0 Å². The molecule has 146 valence electrons. The van der Waals surface area contributed by atoms with Crippen LogP contribution in [0.25, 0.3) is 0 Å². The SMILES string of the molecule is CCC(C)(C)Oc1ccc(C(C)(c2ccccc2)c2ccc(OC)cc2)cc1. The molecule has 0 spiro atoms. The van der Waals surface area contributed by atoms with Gasteiger partial charge in [0.1, 0.15) is 17.1 Å². The van der Waals surface area contributed by atoms with Crippen LogP contribution in [0.1, 0.15) is 50.8 Å². The molecule has 0 heterocycles. The van der Waals surface area contributed by atoms with Gasteiger partial charge < -0.3 is 9.47 Å². The van der Waals surface area contributed by atoms with E-state index < -0.39 is 0 Å². The third-order valence-electron chi connectivity index (χ3n) is 5.70. The first-order valence-corrected chi connectivity index (χ1v) is 9.88. The normalized spacial score (nSPS) is 13.6. The van der Waals surface area contributed by atoms with Crippen molar-refractivity contribution in [3.63, 3.8) is 0 Å². The molecule has 0 saturated heterocycles. The zero-order chi connectivity index (χ0) is 20.2. The van der Waals surface area contributed by atoms with Crippen molar-refractivity contribution in [1.29, 1.82) is 0 Å². The third-order valence-corrected chi connectivity index (χ3v) is 5.70. The predicted octanol–water partition coefficient (Wildman–Crippen LogP) is 6.62. The average Bonchev–Trinajstić information content (AvgIpc) is 2.74. The summed E-state index contributed by atoms with van der Waals surface area (Å²) in [5, 5.41) is 0. The Labute approximate surface area is 169 Å². The van der Waals surface area contributed by atoms with Crippen LogP contribution in [-0.2, 0) is 5.41 Å². The highest BCUT2D eigenvalue weighted by Crippen LogP contribution is 2.40. The van der Waals surface area contributed by atoms with E-state index in [1.54, 1.807) is 7.11 Å². The molecule has 0 bridgehead atoms. The summed E-state index contributed by atoms with van der Waals surface area (Å²) >= 11 is 0. The van der Waals surface area contributed by atoms with Crippen molar-refractivity contribution < 1.29 is 9.47 Å². The smallest absolute Gasteiger partial charge is 0.120 e. The molecule has 0 fully saturated rings. The van der Waals surface area contributed by atoms with Gasteiger partial charge in [0.2, 0.25) is 0 Å². The lowest BCUT2D eigenvalue weighted by Crippen LogP contribution is -2.27. The largest absolute Gasteiger partial charge is 0.497 e. The van der Waals surface area contributed by atoms with Crippen LogP contribution in [0.2, 0.25) is 0 Å². The van der Waals surface area contributed by atoms with E-state index >= 15 is 0 Å². The highest BCUT2D eigenvalue weighted by molar-refractivity contribution is 5.51. The number of hydrogen-bond acceptors (Lipinski definition) is 2. The lowest BCUT2D eigenvalue weighted by atomic mass is 9.71. The quantitative estimate of drug-likeness (QED) is 0.433. The number of benzene rings is 3. The second kappa shape index (κ2) is 8.10. The maximum absolute atomic E-state index is 6.14. The van der Waals surface area contributed by atoms with Crippen molar-refractivity contribution in [2.24, 2.45) is 0 Å². The Balaban J connectivity index is 2.04. The van der Waals surface area contributed by atoms with Crippen LogP contribution in [0.15, 0.2) is 78.9 Å². The van der Waals surface area contributed by atoms with Crippen molar-refractivity contribution in [2.45, 2.75) is 45.1 Å². The van der Waals surface area contributed by atoms with Gasteiger partial charge >= 0.3 is 0 Å². The molecule has 3 aromatic carbocycles.